The van der Waals surface area contributed by atoms with E-state index in [1.165, 1.54) is 10.9 Å². The van der Waals surface area contributed by atoms with Crippen LogP contribution >= 0.6 is 0 Å². The van der Waals surface area contributed by atoms with Crippen LogP contribution in [0.3, 0.4) is 0 Å². The van der Waals surface area contributed by atoms with Crippen molar-refractivity contribution in [3.8, 4) is 22.8 Å². The molecule has 7 nitrogen and oxygen atoms in total. The zero-order valence-electron chi connectivity index (χ0n) is 18.3. The number of benzene rings is 1. The van der Waals surface area contributed by atoms with Gasteiger partial charge in [0.2, 0.25) is 0 Å². The SMILES string of the molecule is Cc1cccc(-c2nc(NCCc3c[nH]c4ccccc34)cc(-c3c(C)noc3C)n2)n1. The fraction of sp³-hybridized carbons (Fsp3) is 0.200. The highest BCUT2D eigenvalue weighted by atomic mass is 16.5. The molecule has 0 aliphatic carbocycles. The van der Waals surface area contributed by atoms with Gasteiger partial charge < -0.3 is 14.8 Å². The predicted molar refractivity (Wildman–Crippen MR) is 125 cm³/mol. The molecular weight excluding hydrogens is 400 g/mol. The fourth-order valence-electron chi connectivity index (χ4n) is 3.96. The van der Waals surface area contributed by atoms with Gasteiger partial charge in [-0.15, -0.1) is 0 Å². The van der Waals surface area contributed by atoms with Gasteiger partial charge in [-0.3, -0.25) is 0 Å². The first kappa shape index (κ1) is 19.9. The minimum atomic E-state index is 0.570. The highest BCUT2D eigenvalue weighted by Crippen LogP contribution is 2.29. The van der Waals surface area contributed by atoms with E-state index in [-0.39, 0.29) is 0 Å². The lowest BCUT2D eigenvalue weighted by molar-refractivity contribution is 0.393. The molecule has 1 aromatic carbocycles. The number of rotatable bonds is 6. The number of para-hydroxylation sites is 1. The summed E-state index contributed by atoms with van der Waals surface area (Å²) >= 11 is 0. The van der Waals surface area contributed by atoms with Crippen molar-refractivity contribution in [1.29, 1.82) is 0 Å². The van der Waals surface area contributed by atoms with Crippen LogP contribution < -0.4 is 5.32 Å². The van der Waals surface area contributed by atoms with Crippen molar-refractivity contribution < 1.29 is 4.52 Å². The number of anilines is 1. The van der Waals surface area contributed by atoms with Gasteiger partial charge >= 0.3 is 0 Å². The number of nitrogens with zero attached hydrogens (tertiary/aromatic N) is 4. The molecule has 5 rings (SSSR count). The van der Waals surface area contributed by atoms with Crippen LogP contribution in [-0.2, 0) is 6.42 Å². The van der Waals surface area contributed by atoms with Gasteiger partial charge in [0.05, 0.1) is 17.0 Å². The first-order valence-corrected chi connectivity index (χ1v) is 10.6. The Morgan fingerprint density at radius 2 is 1.81 bits per heavy atom. The number of nitrogens with one attached hydrogen (secondary N) is 2. The lowest BCUT2D eigenvalue weighted by Gasteiger charge is -2.10. The molecule has 5 aromatic rings. The van der Waals surface area contributed by atoms with Crippen LogP contribution in [0.1, 0.15) is 22.7 Å². The van der Waals surface area contributed by atoms with Gasteiger partial charge in [-0.25, -0.2) is 15.0 Å². The predicted octanol–water partition coefficient (Wildman–Crippen LogP) is 5.25. The van der Waals surface area contributed by atoms with Crippen LogP contribution in [0.2, 0.25) is 0 Å². The molecule has 160 valence electrons. The molecule has 0 unspecified atom stereocenters. The highest BCUT2D eigenvalue weighted by Gasteiger charge is 2.17. The summed E-state index contributed by atoms with van der Waals surface area (Å²) in [6.45, 7) is 6.51. The Bertz CT molecular complexity index is 1380. The largest absolute Gasteiger partial charge is 0.370 e. The minimum absolute atomic E-state index is 0.570. The van der Waals surface area contributed by atoms with Crippen molar-refractivity contribution in [1.82, 2.24) is 25.1 Å². The second-order valence-electron chi connectivity index (χ2n) is 7.86. The normalized spacial score (nSPS) is 11.2. The van der Waals surface area contributed by atoms with Gasteiger partial charge in [0.1, 0.15) is 17.3 Å². The van der Waals surface area contributed by atoms with E-state index >= 15 is 0 Å². The number of hydrogen-bond donors (Lipinski definition) is 2. The molecule has 0 fully saturated rings. The number of fused-ring (bicyclic) bond motifs is 1. The summed E-state index contributed by atoms with van der Waals surface area (Å²) in [7, 11) is 0. The quantitative estimate of drug-likeness (QED) is 0.386. The maximum absolute atomic E-state index is 5.38. The van der Waals surface area contributed by atoms with Gasteiger partial charge in [-0.1, -0.05) is 29.4 Å². The second-order valence-corrected chi connectivity index (χ2v) is 7.86. The van der Waals surface area contributed by atoms with Crippen LogP contribution in [0.15, 0.2) is 59.3 Å². The van der Waals surface area contributed by atoms with Crippen molar-refractivity contribution in [3.05, 3.63) is 77.4 Å². The average Bonchev–Trinajstić information content (AvgIpc) is 3.36. The monoisotopic (exact) mass is 424 g/mol. The maximum Gasteiger partial charge on any atom is 0.180 e. The molecule has 0 saturated heterocycles. The van der Waals surface area contributed by atoms with Gasteiger partial charge in [-0.05, 0) is 51.0 Å². The van der Waals surface area contributed by atoms with E-state index in [1.807, 2.05) is 51.1 Å². The van der Waals surface area contributed by atoms with Gasteiger partial charge in [0.15, 0.2) is 5.82 Å². The molecule has 7 heteroatoms. The Kier molecular flexibility index (Phi) is 5.15. The number of aromatic amines is 1. The highest BCUT2D eigenvalue weighted by molar-refractivity contribution is 5.83. The molecule has 0 atom stereocenters. The Morgan fingerprint density at radius 3 is 2.62 bits per heavy atom. The van der Waals surface area contributed by atoms with E-state index in [0.717, 1.165) is 58.4 Å². The molecule has 0 spiro atoms. The molecule has 4 aromatic heterocycles. The molecule has 4 heterocycles. The van der Waals surface area contributed by atoms with E-state index in [9.17, 15) is 0 Å². The Morgan fingerprint density at radius 1 is 0.938 bits per heavy atom. The van der Waals surface area contributed by atoms with Gasteiger partial charge in [-0.2, -0.15) is 0 Å². The molecule has 0 amide bonds. The van der Waals surface area contributed by atoms with Gasteiger partial charge in [0, 0.05) is 35.4 Å². The van der Waals surface area contributed by atoms with E-state index in [2.05, 4.69) is 44.8 Å². The third kappa shape index (κ3) is 3.85. The summed E-state index contributed by atoms with van der Waals surface area (Å²) in [5, 5.41) is 8.81. The number of H-pyrrole nitrogens is 1. The number of hydrogen-bond acceptors (Lipinski definition) is 6. The molecule has 2 N–H and O–H groups in total. The molecule has 0 radical (unpaired) electrons. The smallest absolute Gasteiger partial charge is 0.180 e. The molecule has 32 heavy (non-hydrogen) atoms. The van der Waals surface area contributed by atoms with E-state index in [1.54, 1.807) is 0 Å². The summed E-state index contributed by atoms with van der Waals surface area (Å²) in [5.74, 6) is 2.04. The fourth-order valence-corrected chi connectivity index (χ4v) is 3.96. The summed E-state index contributed by atoms with van der Waals surface area (Å²) in [6, 6.07) is 16.1. The van der Waals surface area contributed by atoms with E-state index < -0.39 is 0 Å². The molecule has 0 aliphatic heterocycles. The van der Waals surface area contributed by atoms with Crippen molar-refractivity contribution in [2.24, 2.45) is 0 Å². The van der Waals surface area contributed by atoms with Crippen LogP contribution in [0, 0.1) is 20.8 Å². The molecule has 0 saturated carbocycles. The van der Waals surface area contributed by atoms with Crippen molar-refractivity contribution in [3.63, 3.8) is 0 Å². The summed E-state index contributed by atoms with van der Waals surface area (Å²) in [6.07, 6.45) is 2.94. The van der Waals surface area contributed by atoms with Gasteiger partial charge in [0.25, 0.3) is 0 Å². The summed E-state index contributed by atoms with van der Waals surface area (Å²) < 4.78 is 5.38. The van der Waals surface area contributed by atoms with E-state index in [0.29, 0.717) is 5.82 Å². The number of aromatic nitrogens is 5. The lowest BCUT2D eigenvalue weighted by atomic mass is 10.1. The topological polar surface area (TPSA) is 92.5 Å². The number of aryl methyl sites for hydroxylation is 3. The zero-order chi connectivity index (χ0) is 22.1. The standard InChI is InChI=1S/C25H24N6O/c1-15-7-6-10-21(28-15)25-29-22(24-16(2)31-32-17(24)3)13-23(30-25)26-12-11-18-14-27-20-9-5-4-8-19(18)20/h4-10,13-14,27H,11-12H2,1-3H3,(H,26,29,30). The van der Waals surface area contributed by atoms with Crippen molar-refractivity contribution in [2.45, 2.75) is 27.2 Å². The number of pyridine rings is 1. The van der Waals surface area contributed by atoms with Crippen LogP contribution in [0.4, 0.5) is 5.82 Å². The molecule has 0 bridgehead atoms. The molecule has 0 aliphatic rings. The lowest BCUT2D eigenvalue weighted by Crippen LogP contribution is -2.08. The third-order valence-corrected chi connectivity index (χ3v) is 5.51. The van der Waals surface area contributed by atoms with Crippen LogP contribution in [0.5, 0.6) is 0 Å². The Hall–Kier alpha value is -4.00. The first-order chi connectivity index (χ1) is 15.6. The maximum atomic E-state index is 5.38. The zero-order valence-corrected chi connectivity index (χ0v) is 18.3. The summed E-state index contributed by atoms with van der Waals surface area (Å²) in [5.41, 5.74) is 6.53. The summed E-state index contributed by atoms with van der Waals surface area (Å²) in [4.78, 5) is 17.5. The van der Waals surface area contributed by atoms with E-state index in [4.69, 9.17) is 14.5 Å². The first-order valence-electron chi connectivity index (χ1n) is 10.6. The van der Waals surface area contributed by atoms with Crippen molar-refractivity contribution >= 4 is 16.7 Å². The third-order valence-electron chi connectivity index (χ3n) is 5.51. The second kappa shape index (κ2) is 8.26. The van der Waals surface area contributed by atoms with Crippen LogP contribution in [0.25, 0.3) is 33.7 Å². The molecular formula is C25H24N6O. The van der Waals surface area contributed by atoms with Crippen LogP contribution in [-0.4, -0.2) is 31.6 Å². The minimum Gasteiger partial charge on any atom is -0.370 e. The Labute approximate surface area is 185 Å². The Balaban J connectivity index is 1.47. The average molecular weight is 425 g/mol. The van der Waals surface area contributed by atoms with Crippen molar-refractivity contribution in [2.75, 3.05) is 11.9 Å².